The maximum atomic E-state index is 11.5. The highest BCUT2D eigenvalue weighted by Crippen LogP contribution is 2.09. The molecule has 0 aliphatic rings. The topological polar surface area (TPSA) is 101 Å². The summed E-state index contributed by atoms with van der Waals surface area (Å²) in [4.78, 5) is 26.1. The van der Waals surface area contributed by atoms with Crippen LogP contribution in [0.25, 0.3) is 0 Å². The molecule has 8 heteroatoms. The number of ether oxygens (including phenoxy) is 1. The van der Waals surface area contributed by atoms with Gasteiger partial charge in [0.2, 0.25) is 0 Å². The minimum absolute atomic E-state index is 0.0382. The number of carbonyl (C=O) groups excluding carboxylic acids is 1. The number of thiazole rings is 1. The van der Waals surface area contributed by atoms with Crippen molar-refractivity contribution in [1.82, 2.24) is 15.6 Å². The molecule has 0 atom stereocenters. The fourth-order valence-electron chi connectivity index (χ4n) is 1.23. The number of carboxylic acid groups (broad SMARTS) is 1. The number of amides is 2. The number of carbonyl (C=O) groups is 2. The first-order valence-electron chi connectivity index (χ1n) is 6.08. The zero-order valence-corrected chi connectivity index (χ0v) is 12.5. The summed E-state index contributed by atoms with van der Waals surface area (Å²) in [5, 5.41) is 16.3. The Bertz CT molecular complexity index is 473. The molecule has 0 aliphatic carbocycles. The number of carboxylic acids is 1. The Hall–Kier alpha value is -1.67. The monoisotopic (exact) mass is 301 g/mol. The molecular weight excluding hydrogens is 282 g/mol. The first-order chi connectivity index (χ1) is 9.34. The SMILES string of the molecule is COC(C)(C)CNC(=O)NCCc1nc(C(=O)O)cs1. The van der Waals surface area contributed by atoms with Crippen LogP contribution in [0.3, 0.4) is 0 Å². The molecule has 1 aromatic heterocycles. The molecule has 112 valence electrons. The van der Waals surface area contributed by atoms with Gasteiger partial charge in [0.05, 0.1) is 10.6 Å². The predicted octanol–water partition coefficient (Wildman–Crippen LogP) is 1.11. The van der Waals surface area contributed by atoms with Crippen molar-refractivity contribution in [2.45, 2.75) is 25.9 Å². The third kappa shape index (κ3) is 5.54. The molecule has 0 bridgehead atoms. The van der Waals surface area contributed by atoms with Crippen LogP contribution in [0.2, 0.25) is 0 Å². The fraction of sp³-hybridized carbons (Fsp3) is 0.583. The summed E-state index contributed by atoms with van der Waals surface area (Å²) in [6, 6.07) is -0.287. The van der Waals surface area contributed by atoms with Gasteiger partial charge in [0.1, 0.15) is 0 Å². The van der Waals surface area contributed by atoms with Crippen molar-refractivity contribution in [2.75, 3.05) is 20.2 Å². The van der Waals surface area contributed by atoms with E-state index in [1.165, 1.54) is 16.7 Å². The van der Waals surface area contributed by atoms with Gasteiger partial charge in [-0.1, -0.05) is 0 Å². The van der Waals surface area contributed by atoms with Gasteiger partial charge < -0.3 is 20.5 Å². The highest BCUT2D eigenvalue weighted by atomic mass is 32.1. The molecule has 0 spiro atoms. The highest BCUT2D eigenvalue weighted by molar-refractivity contribution is 7.09. The Morgan fingerprint density at radius 2 is 2.15 bits per heavy atom. The highest BCUT2D eigenvalue weighted by Gasteiger charge is 2.17. The number of methoxy groups -OCH3 is 1. The maximum Gasteiger partial charge on any atom is 0.355 e. The number of hydrogen-bond acceptors (Lipinski definition) is 5. The molecule has 0 radical (unpaired) electrons. The van der Waals surface area contributed by atoms with Crippen LogP contribution in [0.1, 0.15) is 29.3 Å². The number of nitrogens with zero attached hydrogens (tertiary/aromatic N) is 1. The number of rotatable bonds is 7. The van der Waals surface area contributed by atoms with E-state index in [1.54, 1.807) is 7.11 Å². The summed E-state index contributed by atoms with van der Waals surface area (Å²) in [5.74, 6) is -1.04. The molecule has 0 saturated carbocycles. The molecule has 0 aliphatic heterocycles. The fourth-order valence-corrected chi connectivity index (χ4v) is 2.01. The third-order valence-electron chi connectivity index (χ3n) is 2.62. The van der Waals surface area contributed by atoms with Gasteiger partial charge >= 0.3 is 12.0 Å². The molecule has 1 heterocycles. The van der Waals surface area contributed by atoms with E-state index in [-0.39, 0.29) is 11.7 Å². The molecule has 2 amide bonds. The molecule has 0 aromatic carbocycles. The number of aromatic carboxylic acids is 1. The lowest BCUT2D eigenvalue weighted by Gasteiger charge is -2.23. The summed E-state index contributed by atoms with van der Waals surface area (Å²) >= 11 is 1.27. The van der Waals surface area contributed by atoms with E-state index in [9.17, 15) is 9.59 Å². The number of nitrogens with one attached hydrogen (secondary N) is 2. The second-order valence-electron chi connectivity index (χ2n) is 4.75. The molecule has 3 N–H and O–H groups in total. The minimum Gasteiger partial charge on any atom is -0.476 e. The van der Waals surface area contributed by atoms with Crippen molar-refractivity contribution in [3.63, 3.8) is 0 Å². The first kappa shape index (κ1) is 16.4. The second kappa shape index (κ2) is 7.20. The molecule has 7 nitrogen and oxygen atoms in total. The normalized spacial score (nSPS) is 11.2. The molecule has 1 rings (SSSR count). The summed E-state index contributed by atoms with van der Waals surface area (Å²) in [6.45, 7) is 4.54. The van der Waals surface area contributed by atoms with Crippen LogP contribution in [-0.4, -0.2) is 47.9 Å². The van der Waals surface area contributed by atoms with Crippen molar-refractivity contribution in [2.24, 2.45) is 0 Å². The molecule has 0 saturated heterocycles. The van der Waals surface area contributed by atoms with Crippen LogP contribution in [0.4, 0.5) is 4.79 Å². The maximum absolute atomic E-state index is 11.5. The van der Waals surface area contributed by atoms with Crippen molar-refractivity contribution in [1.29, 1.82) is 0 Å². The number of urea groups is 1. The van der Waals surface area contributed by atoms with Crippen LogP contribution in [-0.2, 0) is 11.2 Å². The van der Waals surface area contributed by atoms with E-state index in [0.717, 1.165) is 0 Å². The number of hydrogen-bond donors (Lipinski definition) is 3. The molecule has 20 heavy (non-hydrogen) atoms. The average Bonchev–Trinajstić information content (AvgIpc) is 2.85. The largest absolute Gasteiger partial charge is 0.476 e. The average molecular weight is 301 g/mol. The van der Waals surface area contributed by atoms with E-state index in [0.29, 0.717) is 24.5 Å². The second-order valence-corrected chi connectivity index (χ2v) is 5.70. The van der Waals surface area contributed by atoms with Crippen LogP contribution in [0.15, 0.2) is 5.38 Å². The standard InChI is InChI=1S/C12H19N3O4S/c1-12(2,19-3)7-14-11(18)13-5-4-9-15-8(6-20-9)10(16)17/h6H,4-5,7H2,1-3H3,(H,16,17)(H2,13,14,18). The third-order valence-corrected chi connectivity index (χ3v) is 3.53. The lowest BCUT2D eigenvalue weighted by atomic mass is 10.1. The van der Waals surface area contributed by atoms with E-state index in [2.05, 4.69) is 15.6 Å². The quantitative estimate of drug-likeness (QED) is 0.700. The van der Waals surface area contributed by atoms with Gasteiger partial charge in [-0.15, -0.1) is 11.3 Å². The lowest BCUT2D eigenvalue weighted by molar-refractivity contribution is 0.0254. The summed E-state index contributed by atoms with van der Waals surface area (Å²) < 4.78 is 5.18. The van der Waals surface area contributed by atoms with Gasteiger partial charge in [-0.3, -0.25) is 0 Å². The Labute approximate surface area is 121 Å². The Kier molecular flexibility index (Phi) is 5.90. The Morgan fingerprint density at radius 1 is 1.45 bits per heavy atom. The summed E-state index contributed by atoms with van der Waals surface area (Å²) in [7, 11) is 1.59. The zero-order chi connectivity index (χ0) is 15.2. The predicted molar refractivity (Wildman–Crippen MR) is 75.3 cm³/mol. The van der Waals surface area contributed by atoms with E-state index < -0.39 is 11.6 Å². The molecular formula is C12H19N3O4S. The van der Waals surface area contributed by atoms with Crippen LogP contribution >= 0.6 is 11.3 Å². The van der Waals surface area contributed by atoms with Crippen LogP contribution in [0, 0.1) is 0 Å². The van der Waals surface area contributed by atoms with Crippen LogP contribution < -0.4 is 10.6 Å². The smallest absolute Gasteiger partial charge is 0.355 e. The molecule has 0 fully saturated rings. The van der Waals surface area contributed by atoms with Crippen molar-refractivity contribution in [3.8, 4) is 0 Å². The van der Waals surface area contributed by atoms with Crippen LogP contribution in [0.5, 0.6) is 0 Å². The Morgan fingerprint density at radius 3 is 2.70 bits per heavy atom. The van der Waals surface area contributed by atoms with E-state index in [4.69, 9.17) is 9.84 Å². The summed E-state index contributed by atoms with van der Waals surface area (Å²) in [5.41, 5.74) is -0.375. The van der Waals surface area contributed by atoms with E-state index >= 15 is 0 Å². The van der Waals surface area contributed by atoms with Crippen molar-refractivity contribution < 1.29 is 19.4 Å². The minimum atomic E-state index is -1.04. The van der Waals surface area contributed by atoms with E-state index in [1.807, 2.05) is 13.8 Å². The van der Waals surface area contributed by atoms with Gasteiger partial charge in [-0.05, 0) is 13.8 Å². The summed E-state index contributed by atoms with van der Waals surface area (Å²) in [6.07, 6.45) is 0.499. The molecule has 0 unspecified atom stereocenters. The van der Waals surface area contributed by atoms with Gasteiger partial charge in [0.25, 0.3) is 0 Å². The van der Waals surface area contributed by atoms with Crippen molar-refractivity contribution in [3.05, 3.63) is 16.1 Å². The van der Waals surface area contributed by atoms with Gasteiger partial charge in [0.15, 0.2) is 5.69 Å². The lowest BCUT2D eigenvalue weighted by Crippen LogP contribution is -2.44. The van der Waals surface area contributed by atoms with Gasteiger partial charge in [-0.2, -0.15) is 0 Å². The Balaban J connectivity index is 2.26. The van der Waals surface area contributed by atoms with Gasteiger partial charge in [0, 0.05) is 32.0 Å². The first-order valence-corrected chi connectivity index (χ1v) is 6.96. The number of aromatic nitrogens is 1. The molecule has 1 aromatic rings. The van der Waals surface area contributed by atoms with Gasteiger partial charge in [-0.25, -0.2) is 14.6 Å². The van der Waals surface area contributed by atoms with Crippen molar-refractivity contribution >= 4 is 23.3 Å². The zero-order valence-electron chi connectivity index (χ0n) is 11.7.